The molecule has 1 amide bonds. The molecule has 5 rings (SSSR count). The largest absolute Gasteiger partial charge is 0.496 e. The maximum atomic E-state index is 13.1. The number of likely N-dealkylation sites (tertiary alicyclic amines) is 1. The third kappa shape index (κ3) is 3.77. The molecule has 1 unspecified atom stereocenters. The minimum absolute atomic E-state index is 0.132. The molecule has 0 saturated carbocycles. The van der Waals surface area contributed by atoms with E-state index in [9.17, 15) is 4.79 Å². The Morgan fingerprint density at radius 3 is 2.88 bits per heavy atom. The van der Waals surface area contributed by atoms with Gasteiger partial charge in [0.05, 0.1) is 29.4 Å². The van der Waals surface area contributed by atoms with Crippen LogP contribution in [0.4, 0.5) is 0 Å². The summed E-state index contributed by atoms with van der Waals surface area (Å²) in [7, 11) is 1.65. The van der Waals surface area contributed by atoms with Crippen LogP contribution in [0, 0.1) is 13.8 Å². The molecule has 1 atom stereocenters. The van der Waals surface area contributed by atoms with Crippen molar-refractivity contribution in [1.82, 2.24) is 14.9 Å². The van der Waals surface area contributed by atoms with Crippen LogP contribution in [0.15, 0.2) is 46.2 Å². The molecule has 1 fully saturated rings. The van der Waals surface area contributed by atoms with E-state index in [1.807, 2.05) is 36.9 Å². The van der Waals surface area contributed by atoms with Crippen molar-refractivity contribution >= 4 is 28.3 Å². The molecule has 164 valence electrons. The standard InChI is InChI=1S/C25H25N3O3S/c1-15-26-19-10-11-22(30-3)24(25(19)31-15)21-8-5-9-23(29)28(21)13-17-6-4-7-18(12-17)20-14-32-16(2)27-20/h4,6-7,10-12,14,21H,5,8-9,13H2,1-3H3. The van der Waals surface area contributed by atoms with Gasteiger partial charge in [0.1, 0.15) is 11.3 Å². The first-order valence-electron chi connectivity index (χ1n) is 10.8. The molecule has 0 bridgehead atoms. The van der Waals surface area contributed by atoms with Gasteiger partial charge in [-0.1, -0.05) is 18.2 Å². The number of thiazole rings is 1. The molecule has 32 heavy (non-hydrogen) atoms. The summed E-state index contributed by atoms with van der Waals surface area (Å²) in [6, 6.07) is 12.0. The van der Waals surface area contributed by atoms with Crippen LogP contribution in [0.2, 0.25) is 0 Å². The number of benzene rings is 2. The Kier molecular flexibility index (Phi) is 5.43. The second kappa shape index (κ2) is 8.39. The molecule has 0 aliphatic carbocycles. The topological polar surface area (TPSA) is 68.5 Å². The molecular formula is C25H25N3O3S. The fourth-order valence-electron chi connectivity index (χ4n) is 4.54. The van der Waals surface area contributed by atoms with E-state index in [-0.39, 0.29) is 11.9 Å². The van der Waals surface area contributed by atoms with Crippen molar-refractivity contribution in [3.8, 4) is 17.0 Å². The number of carbonyl (C=O) groups is 1. The smallest absolute Gasteiger partial charge is 0.223 e. The van der Waals surface area contributed by atoms with Gasteiger partial charge in [0.2, 0.25) is 5.91 Å². The van der Waals surface area contributed by atoms with Gasteiger partial charge < -0.3 is 14.1 Å². The number of hydrogen-bond donors (Lipinski definition) is 0. The van der Waals surface area contributed by atoms with Crippen LogP contribution >= 0.6 is 11.3 Å². The molecule has 2 aromatic carbocycles. The lowest BCUT2D eigenvalue weighted by Crippen LogP contribution is -2.38. The summed E-state index contributed by atoms with van der Waals surface area (Å²) in [5.74, 6) is 1.48. The summed E-state index contributed by atoms with van der Waals surface area (Å²) in [4.78, 5) is 24.2. The van der Waals surface area contributed by atoms with Crippen molar-refractivity contribution in [2.75, 3.05) is 7.11 Å². The molecule has 1 aliphatic rings. The predicted octanol–water partition coefficient (Wildman–Crippen LogP) is 5.83. The van der Waals surface area contributed by atoms with Crippen LogP contribution < -0.4 is 4.74 Å². The Morgan fingerprint density at radius 2 is 2.09 bits per heavy atom. The molecule has 4 aromatic rings. The number of aryl methyl sites for hydroxylation is 2. The number of aromatic nitrogens is 2. The molecule has 0 N–H and O–H groups in total. The molecule has 7 heteroatoms. The van der Waals surface area contributed by atoms with Crippen LogP contribution in [0.3, 0.4) is 0 Å². The minimum Gasteiger partial charge on any atom is -0.496 e. The number of fused-ring (bicyclic) bond motifs is 1. The van der Waals surface area contributed by atoms with E-state index in [4.69, 9.17) is 9.15 Å². The Labute approximate surface area is 190 Å². The van der Waals surface area contributed by atoms with Crippen molar-refractivity contribution < 1.29 is 13.9 Å². The van der Waals surface area contributed by atoms with Crippen molar-refractivity contribution in [2.45, 2.75) is 45.7 Å². The van der Waals surface area contributed by atoms with Crippen molar-refractivity contribution in [3.63, 3.8) is 0 Å². The maximum absolute atomic E-state index is 13.1. The van der Waals surface area contributed by atoms with E-state index < -0.39 is 0 Å². The number of oxazole rings is 1. The highest BCUT2D eigenvalue weighted by molar-refractivity contribution is 7.09. The number of carbonyl (C=O) groups excluding carboxylic acids is 1. The zero-order valence-electron chi connectivity index (χ0n) is 18.4. The normalized spacial score (nSPS) is 16.7. The number of rotatable bonds is 5. The molecule has 6 nitrogen and oxygen atoms in total. The van der Waals surface area contributed by atoms with Crippen molar-refractivity contribution in [2.24, 2.45) is 0 Å². The zero-order chi connectivity index (χ0) is 22.2. The lowest BCUT2D eigenvalue weighted by Gasteiger charge is -2.36. The van der Waals surface area contributed by atoms with E-state index in [2.05, 4.69) is 33.5 Å². The summed E-state index contributed by atoms with van der Waals surface area (Å²) in [5.41, 5.74) is 5.52. The molecule has 1 saturated heterocycles. The van der Waals surface area contributed by atoms with Crippen molar-refractivity contribution in [1.29, 1.82) is 0 Å². The second-order valence-corrected chi connectivity index (χ2v) is 9.21. The van der Waals surface area contributed by atoms with E-state index in [1.54, 1.807) is 18.4 Å². The zero-order valence-corrected chi connectivity index (χ0v) is 19.2. The van der Waals surface area contributed by atoms with Gasteiger partial charge in [-0.3, -0.25) is 4.79 Å². The minimum atomic E-state index is -0.132. The van der Waals surface area contributed by atoms with Crippen LogP contribution in [-0.2, 0) is 11.3 Å². The Bertz CT molecular complexity index is 1290. The van der Waals surface area contributed by atoms with Gasteiger partial charge in [-0.05, 0) is 43.5 Å². The number of hydrogen-bond acceptors (Lipinski definition) is 6. The average Bonchev–Trinajstić information content (AvgIpc) is 3.39. The first-order valence-corrected chi connectivity index (χ1v) is 11.7. The third-order valence-electron chi connectivity index (χ3n) is 5.98. The van der Waals surface area contributed by atoms with E-state index >= 15 is 0 Å². The van der Waals surface area contributed by atoms with E-state index in [1.165, 1.54) is 0 Å². The van der Waals surface area contributed by atoms with Crippen LogP contribution in [0.1, 0.15) is 47.3 Å². The monoisotopic (exact) mass is 447 g/mol. The van der Waals surface area contributed by atoms with Gasteiger partial charge >= 0.3 is 0 Å². The third-order valence-corrected chi connectivity index (χ3v) is 6.75. The molecule has 3 heterocycles. The quantitative estimate of drug-likeness (QED) is 0.385. The number of nitrogens with zero attached hydrogens (tertiary/aromatic N) is 3. The van der Waals surface area contributed by atoms with Crippen molar-refractivity contribution in [3.05, 3.63) is 63.8 Å². The predicted molar refractivity (Wildman–Crippen MR) is 125 cm³/mol. The Hall–Kier alpha value is -3.19. The molecule has 0 radical (unpaired) electrons. The fraction of sp³-hybridized carbons (Fsp3) is 0.320. The highest BCUT2D eigenvalue weighted by atomic mass is 32.1. The molecule has 0 spiro atoms. The van der Waals surface area contributed by atoms with Gasteiger partial charge in [0.25, 0.3) is 0 Å². The van der Waals surface area contributed by atoms with Crippen LogP contribution in [0.25, 0.3) is 22.4 Å². The lowest BCUT2D eigenvalue weighted by atomic mass is 9.92. The van der Waals surface area contributed by atoms with Crippen LogP contribution in [0.5, 0.6) is 5.75 Å². The van der Waals surface area contributed by atoms with Gasteiger partial charge in [-0.2, -0.15) is 0 Å². The number of piperidine rings is 1. The van der Waals surface area contributed by atoms with Gasteiger partial charge in [0, 0.05) is 30.8 Å². The van der Waals surface area contributed by atoms with Crippen LogP contribution in [-0.4, -0.2) is 27.9 Å². The maximum Gasteiger partial charge on any atom is 0.223 e. The summed E-state index contributed by atoms with van der Waals surface area (Å²) < 4.78 is 11.7. The number of ether oxygens (including phenoxy) is 1. The first-order chi connectivity index (χ1) is 15.5. The summed E-state index contributed by atoms with van der Waals surface area (Å²) >= 11 is 1.64. The number of methoxy groups -OCH3 is 1. The highest BCUT2D eigenvalue weighted by Gasteiger charge is 2.34. The van der Waals surface area contributed by atoms with E-state index in [0.29, 0.717) is 24.4 Å². The van der Waals surface area contributed by atoms with Gasteiger partial charge in [-0.15, -0.1) is 11.3 Å². The Morgan fingerprint density at radius 1 is 1.22 bits per heavy atom. The molecule has 2 aromatic heterocycles. The second-order valence-electron chi connectivity index (χ2n) is 8.14. The lowest BCUT2D eigenvalue weighted by molar-refractivity contribution is -0.137. The van der Waals surface area contributed by atoms with E-state index in [0.717, 1.165) is 51.5 Å². The summed E-state index contributed by atoms with van der Waals surface area (Å²) in [5, 5.41) is 3.11. The van der Waals surface area contributed by atoms with Gasteiger partial charge in [0.15, 0.2) is 11.5 Å². The first kappa shape index (κ1) is 20.7. The summed E-state index contributed by atoms with van der Waals surface area (Å²) in [6.07, 6.45) is 2.24. The molecular weight excluding hydrogens is 422 g/mol. The number of amides is 1. The summed E-state index contributed by atoms with van der Waals surface area (Å²) in [6.45, 7) is 4.37. The fourth-order valence-corrected chi connectivity index (χ4v) is 5.16. The molecule has 1 aliphatic heterocycles. The van der Waals surface area contributed by atoms with Gasteiger partial charge in [-0.25, -0.2) is 9.97 Å². The average molecular weight is 448 g/mol. The SMILES string of the molecule is COc1ccc2nc(C)oc2c1C1CCCC(=O)N1Cc1cccc(-c2csc(C)n2)c1. The highest BCUT2D eigenvalue weighted by Crippen LogP contribution is 2.42. The Balaban J connectivity index is 1.54.